The first-order valence-corrected chi connectivity index (χ1v) is 7.34. The highest BCUT2D eigenvalue weighted by Gasteiger charge is 2.07. The highest BCUT2D eigenvalue weighted by molar-refractivity contribution is 9.10. The van der Waals surface area contributed by atoms with Gasteiger partial charge in [0.1, 0.15) is 5.75 Å². The van der Waals surface area contributed by atoms with E-state index in [1.54, 1.807) is 18.9 Å². The standard InChI is InChI=1S/C14H13BrN2O2S/c1-19-9-2-4-10(5-3-9)20-11-6-7-12(13(15)8-11)14(16)17-18/h2-8,18H,1H3,(H2,16,17). The highest BCUT2D eigenvalue weighted by Crippen LogP contribution is 2.31. The van der Waals surface area contributed by atoms with Crippen molar-refractivity contribution >= 4 is 33.5 Å². The second-order valence-corrected chi connectivity index (χ2v) is 5.91. The van der Waals surface area contributed by atoms with Gasteiger partial charge in [0.15, 0.2) is 5.84 Å². The monoisotopic (exact) mass is 352 g/mol. The van der Waals surface area contributed by atoms with Gasteiger partial charge in [-0.15, -0.1) is 0 Å². The van der Waals surface area contributed by atoms with Gasteiger partial charge in [-0.2, -0.15) is 0 Å². The Bertz CT molecular complexity index is 630. The van der Waals surface area contributed by atoms with Crippen LogP contribution in [0.1, 0.15) is 5.56 Å². The first kappa shape index (κ1) is 14.7. The Morgan fingerprint density at radius 3 is 2.40 bits per heavy atom. The second kappa shape index (κ2) is 6.67. The van der Waals surface area contributed by atoms with Gasteiger partial charge in [0.2, 0.25) is 0 Å². The third-order valence-corrected chi connectivity index (χ3v) is 4.27. The fourth-order valence-corrected chi connectivity index (χ4v) is 3.19. The van der Waals surface area contributed by atoms with E-state index in [4.69, 9.17) is 15.7 Å². The maximum Gasteiger partial charge on any atom is 0.171 e. The lowest BCUT2D eigenvalue weighted by Gasteiger charge is -2.07. The molecule has 0 spiro atoms. The number of halogens is 1. The molecular formula is C14H13BrN2O2S. The summed E-state index contributed by atoms with van der Waals surface area (Å²) in [6, 6.07) is 13.5. The minimum Gasteiger partial charge on any atom is -0.497 e. The molecule has 104 valence electrons. The molecule has 0 atom stereocenters. The number of ether oxygens (including phenoxy) is 1. The number of rotatable bonds is 4. The molecule has 6 heteroatoms. The van der Waals surface area contributed by atoms with Crippen LogP contribution in [-0.2, 0) is 0 Å². The van der Waals surface area contributed by atoms with E-state index in [9.17, 15) is 0 Å². The van der Waals surface area contributed by atoms with Crippen molar-refractivity contribution in [1.82, 2.24) is 0 Å². The molecule has 2 aromatic carbocycles. The summed E-state index contributed by atoms with van der Waals surface area (Å²) in [5.74, 6) is 0.913. The number of benzene rings is 2. The van der Waals surface area contributed by atoms with E-state index in [0.717, 1.165) is 20.0 Å². The smallest absolute Gasteiger partial charge is 0.171 e. The second-order valence-electron chi connectivity index (χ2n) is 3.90. The Labute approximate surface area is 129 Å². The lowest BCUT2D eigenvalue weighted by molar-refractivity contribution is 0.318. The molecule has 20 heavy (non-hydrogen) atoms. The Balaban J connectivity index is 2.19. The van der Waals surface area contributed by atoms with Gasteiger partial charge >= 0.3 is 0 Å². The third kappa shape index (κ3) is 3.46. The number of amidine groups is 1. The van der Waals surface area contributed by atoms with E-state index < -0.39 is 0 Å². The molecule has 2 aromatic rings. The molecular weight excluding hydrogens is 340 g/mol. The first-order chi connectivity index (χ1) is 9.63. The summed E-state index contributed by atoms with van der Waals surface area (Å²) in [6.45, 7) is 0. The van der Waals surface area contributed by atoms with Crippen LogP contribution in [0.2, 0.25) is 0 Å². The molecule has 0 aromatic heterocycles. The first-order valence-electron chi connectivity index (χ1n) is 5.73. The summed E-state index contributed by atoms with van der Waals surface area (Å²) >= 11 is 5.04. The fraction of sp³-hybridized carbons (Fsp3) is 0.0714. The van der Waals surface area contributed by atoms with Crippen LogP contribution in [0.25, 0.3) is 0 Å². The average molecular weight is 353 g/mol. The summed E-state index contributed by atoms with van der Waals surface area (Å²) in [4.78, 5) is 2.16. The van der Waals surface area contributed by atoms with E-state index in [-0.39, 0.29) is 5.84 Å². The summed E-state index contributed by atoms with van der Waals surface area (Å²) in [6.07, 6.45) is 0. The Kier molecular flexibility index (Phi) is 4.92. The summed E-state index contributed by atoms with van der Waals surface area (Å²) < 4.78 is 5.91. The van der Waals surface area contributed by atoms with E-state index >= 15 is 0 Å². The lowest BCUT2D eigenvalue weighted by atomic mass is 10.2. The maximum absolute atomic E-state index is 8.69. The van der Waals surface area contributed by atoms with Crippen molar-refractivity contribution in [3.63, 3.8) is 0 Å². The van der Waals surface area contributed by atoms with Crippen LogP contribution in [0.15, 0.2) is 61.9 Å². The molecule has 0 saturated carbocycles. The third-order valence-electron chi connectivity index (χ3n) is 2.62. The van der Waals surface area contributed by atoms with Crippen LogP contribution >= 0.6 is 27.7 Å². The molecule has 4 nitrogen and oxygen atoms in total. The van der Waals surface area contributed by atoms with E-state index in [0.29, 0.717) is 5.56 Å². The number of methoxy groups -OCH3 is 1. The van der Waals surface area contributed by atoms with Crippen molar-refractivity contribution in [2.45, 2.75) is 9.79 Å². The Morgan fingerprint density at radius 1 is 1.20 bits per heavy atom. The van der Waals surface area contributed by atoms with Crippen LogP contribution in [0.3, 0.4) is 0 Å². The van der Waals surface area contributed by atoms with Crippen LogP contribution in [0.4, 0.5) is 0 Å². The van der Waals surface area contributed by atoms with Crippen LogP contribution in [0, 0.1) is 0 Å². The SMILES string of the molecule is COc1ccc(Sc2ccc(/C(N)=N/O)c(Br)c2)cc1. The van der Waals surface area contributed by atoms with E-state index in [2.05, 4.69) is 21.1 Å². The maximum atomic E-state index is 8.69. The normalized spacial score (nSPS) is 11.4. The Hall–Kier alpha value is -1.66. The predicted octanol–water partition coefficient (Wildman–Crippen LogP) is 3.70. The molecule has 0 aliphatic carbocycles. The minimum absolute atomic E-state index is 0.0814. The average Bonchev–Trinajstić information content (AvgIpc) is 2.47. The molecule has 0 amide bonds. The molecule has 0 aliphatic rings. The molecule has 3 N–H and O–H groups in total. The van der Waals surface area contributed by atoms with Gasteiger partial charge in [0.05, 0.1) is 7.11 Å². The van der Waals surface area contributed by atoms with Gasteiger partial charge < -0.3 is 15.7 Å². The summed E-state index contributed by atoms with van der Waals surface area (Å²) in [5, 5.41) is 11.7. The topological polar surface area (TPSA) is 67.8 Å². The van der Waals surface area contributed by atoms with Crippen molar-refractivity contribution in [1.29, 1.82) is 0 Å². The number of nitrogens with two attached hydrogens (primary N) is 1. The molecule has 0 heterocycles. The van der Waals surface area contributed by atoms with Crippen molar-refractivity contribution in [2.24, 2.45) is 10.9 Å². The van der Waals surface area contributed by atoms with Crippen molar-refractivity contribution in [3.8, 4) is 5.75 Å². The summed E-state index contributed by atoms with van der Waals surface area (Å²) in [5.41, 5.74) is 6.24. The minimum atomic E-state index is 0.0814. The van der Waals surface area contributed by atoms with E-state index in [1.807, 2.05) is 42.5 Å². The van der Waals surface area contributed by atoms with Gasteiger partial charge in [-0.05, 0) is 58.4 Å². The predicted molar refractivity (Wildman–Crippen MR) is 83.8 cm³/mol. The van der Waals surface area contributed by atoms with Crippen LogP contribution in [0.5, 0.6) is 5.75 Å². The molecule has 0 unspecified atom stereocenters. The van der Waals surface area contributed by atoms with Gasteiger partial charge in [0.25, 0.3) is 0 Å². The molecule has 0 radical (unpaired) electrons. The van der Waals surface area contributed by atoms with Gasteiger partial charge in [0, 0.05) is 19.8 Å². The lowest BCUT2D eigenvalue weighted by Crippen LogP contribution is -2.13. The van der Waals surface area contributed by atoms with Crippen LogP contribution < -0.4 is 10.5 Å². The van der Waals surface area contributed by atoms with Gasteiger partial charge in [-0.25, -0.2) is 0 Å². The van der Waals surface area contributed by atoms with Gasteiger partial charge in [-0.3, -0.25) is 0 Å². The fourth-order valence-electron chi connectivity index (χ4n) is 1.60. The van der Waals surface area contributed by atoms with Crippen molar-refractivity contribution in [3.05, 3.63) is 52.5 Å². The Morgan fingerprint density at radius 2 is 1.85 bits per heavy atom. The van der Waals surface area contributed by atoms with Crippen molar-refractivity contribution in [2.75, 3.05) is 7.11 Å². The number of oxime groups is 1. The zero-order valence-electron chi connectivity index (χ0n) is 10.7. The largest absolute Gasteiger partial charge is 0.497 e. The highest BCUT2D eigenvalue weighted by atomic mass is 79.9. The zero-order chi connectivity index (χ0) is 14.5. The number of hydrogen-bond donors (Lipinski definition) is 2. The quantitative estimate of drug-likeness (QED) is 0.381. The molecule has 0 bridgehead atoms. The molecule has 2 rings (SSSR count). The zero-order valence-corrected chi connectivity index (χ0v) is 13.1. The molecule has 0 aliphatic heterocycles. The number of nitrogens with zero attached hydrogens (tertiary/aromatic N) is 1. The summed E-state index contributed by atoms with van der Waals surface area (Å²) in [7, 11) is 1.64. The number of hydrogen-bond acceptors (Lipinski definition) is 4. The van der Waals surface area contributed by atoms with Crippen LogP contribution in [-0.4, -0.2) is 18.2 Å². The van der Waals surface area contributed by atoms with E-state index in [1.165, 1.54) is 0 Å². The molecule has 0 fully saturated rings. The van der Waals surface area contributed by atoms with Crippen molar-refractivity contribution < 1.29 is 9.94 Å². The van der Waals surface area contributed by atoms with Gasteiger partial charge in [-0.1, -0.05) is 16.9 Å². The molecule has 0 saturated heterocycles.